The van der Waals surface area contributed by atoms with Crippen molar-refractivity contribution in [1.29, 1.82) is 0 Å². The van der Waals surface area contributed by atoms with Crippen LogP contribution in [0.25, 0.3) is 0 Å². The van der Waals surface area contributed by atoms with Gasteiger partial charge in [0.1, 0.15) is 5.82 Å². The average Bonchev–Trinajstić information content (AvgIpc) is 2.10. The van der Waals surface area contributed by atoms with Gasteiger partial charge in [0.25, 0.3) is 0 Å². The number of hydrogen-bond donors (Lipinski definition) is 1. The van der Waals surface area contributed by atoms with E-state index in [0.29, 0.717) is 6.54 Å². The summed E-state index contributed by atoms with van der Waals surface area (Å²) in [5.41, 5.74) is 7.43. The molecule has 0 aliphatic rings. The Hall–Kier alpha value is -0.600. The first-order valence-electron chi connectivity index (χ1n) is 4.22. The summed E-state index contributed by atoms with van der Waals surface area (Å²) in [5.74, 6) is -0.200. The third-order valence-electron chi connectivity index (χ3n) is 2.19. The van der Waals surface area contributed by atoms with Gasteiger partial charge in [-0.25, -0.2) is 4.39 Å². The van der Waals surface area contributed by atoms with Crippen LogP contribution in [0.1, 0.15) is 24.0 Å². The Kier molecular flexibility index (Phi) is 3.28. The lowest BCUT2D eigenvalue weighted by Gasteiger charge is -2.12. The second kappa shape index (κ2) is 4.07. The zero-order valence-corrected chi connectivity index (χ0v) is 8.53. The Balaban J connectivity index is 3.15. The molecule has 72 valence electrons. The molecular weight excluding hydrogens is 189 g/mol. The van der Waals surface area contributed by atoms with E-state index in [4.69, 9.17) is 17.3 Å². The van der Waals surface area contributed by atoms with Gasteiger partial charge in [-0.05, 0) is 42.6 Å². The predicted octanol–water partition coefficient (Wildman–Crippen LogP) is 2.85. The number of aryl methyl sites for hydroxylation is 1. The van der Waals surface area contributed by atoms with Crippen molar-refractivity contribution in [3.8, 4) is 0 Å². The number of nitrogens with two attached hydrogens (primary N) is 1. The molecule has 3 heteroatoms. The van der Waals surface area contributed by atoms with E-state index in [1.807, 2.05) is 13.8 Å². The molecule has 0 aliphatic heterocycles. The second-order valence-electron chi connectivity index (χ2n) is 3.26. The van der Waals surface area contributed by atoms with Crippen LogP contribution in [0.2, 0.25) is 5.02 Å². The van der Waals surface area contributed by atoms with Gasteiger partial charge in [-0.3, -0.25) is 0 Å². The summed E-state index contributed by atoms with van der Waals surface area (Å²) in [4.78, 5) is 0. The monoisotopic (exact) mass is 201 g/mol. The van der Waals surface area contributed by atoms with Crippen molar-refractivity contribution >= 4 is 11.6 Å². The summed E-state index contributed by atoms with van der Waals surface area (Å²) in [6.45, 7) is 4.39. The van der Waals surface area contributed by atoms with Gasteiger partial charge < -0.3 is 5.73 Å². The largest absolute Gasteiger partial charge is 0.330 e. The fraction of sp³-hybridized carbons (Fsp3) is 0.400. The molecule has 0 aromatic heterocycles. The first kappa shape index (κ1) is 10.5. The van der Waals surface area contributed by atoms with Gasteiger partial charge in [-0.15, -0.1) is 0 Å². The molecule has 0 saturated heterocycles. The lowest BCUT2D eigenvalue weighted by Crippen LogP contribution is -2.10. The number of hydrogen-bond acceptors (Lipinski definition) is 1. The van der Waals surface area contributed by atoms with E-state index in [9.17, 15) is 4.39 Å². The topological polar surface area (TPSA) is 26.0 Å². The SMILES string of the molecule is Cc1cc(Cl)c(F)cc1C(C)CN. The standard InChI is InChI=1S/C10H13ClFN/c1-6-3-9(11)10(12)4-8(6)7(2)5-13/h3-4,7H,5,13H2,1-2H3. The normalized spacial score (nSPS) is 13.0. The van der Waals surface area contributed by atoms with Crippen molar-refractivity contribution in [2.24, 2.45) is 5.73 Å². The first-order valence-corrected chi connectivity index (χ1v) is 4.59. The highest BCUT2D eigenvalue weighted by molar-refractivity contribution is 6.30. The minimum absolute atomic E-state index is 0.172. The maximum Gasteiger partial charge on any atom is 0.142 e. The average molecular weight is 202 g/mol. The fourth-order valence-electron chi connectivity index (χ4n) is 1.32. The Morgan fingerprint density at radius 1 is 1.54 bits per heavy atom. The summed E-state index contributed by atoms with van der Waals surface area (Å²) in [6, 6.07) is 3.10. The second-order valence-corrected chi connectivity index (χ2v) is 3.67. The van der Waals surface area contributed by atoms with Gasteiger partial charge in [-0.2, -0.15) is 0 Å². The molecular formula is C10H13ClFN. The molecule has 1 atom stereocenters. The van der Waals surface area contributed by atoms with Crippen LogP contribution in [0.3, 0.4) is 0 Å². The van der Waals surface area contributed by atoms with E-state index in [1.165, 1.54) is 6.07 Å². The third kappa shape index (κ3) is 2.20. The number of rotatable bonds is 2. The first-order chi connectivity index (χ1) is 6.06. The summed E-state index contributed by atoms with van der Waals surface area (Å²) < 4.78 is 13.1. The molecule has 0 bridgehead atoms. The van der Waals surface area contributed by atoms with Gasteiger partial charge >= 0.3 is 0 Å². The van der Waals surface area contributed by atoms with Crippen molar-refractivity contribution in [3.63, 3.8) is 0 Å². The van der Waals surface area contributed by atoms with E-state index < -0.39 is 0 Å². The molecule has 1 aromatic carbocycles. The van der Waals surface area contributed by atoms with Crippen LogP contribution in [0.5, 0.6) is 0 Å². The summed E-state index contributed by atoms with van der Waals surface area (Å²) >= 11 is 5.63. The zero-order chi connectivity index (χ0) is 10.0. The minimum Gasteiger partial charge on any atom is -0.330 e. The highest BCUT2D eigenvalue weighted by Crippen LogP contribution is 2.24. The molecule has 1 unspecified atom stereocenters. The van der Waals surface area contributed by atoms with Crippen LogP contribution in [-0.2, 0) is 0 Å². The molecule has 0 aliphatic carbocycles. The molecule has 1 aromatic rings. The molecule has 0 amide bonds. The van der Waals surface area contributed by atoms with Crippen LogP contribution >= 0.6 is 11.6 Å². The predicted molar refractivity (Wildman–Crippen MR) is 53.6 cm³/mol. The summed E-state index contributed by atoms with van der Waals surface area (Å²) in [7, 11) is 0. The van der Waals surface area contributed by atoms with Crippen molar-refractivity contribution in [1.82, 2.24) is 0 Å². The molecule has 0 spiro atoms. The van der Waals surface area contributed by atoms with Crippen molar-refractivity contribution < 1.29 is 4.39 Å². The van der Waals surface area contributed by atoms with Gasteiger partial charge in [0, 0.05) is 0 Å². The number of benzene rings is 1. The van der Waals surface area contributed by atoms with Crippen molar-refractivity contribution in [2.75, 3.05) is 6.54 Å². The Morgan fingerprint density at radius 2 is 2.15 bits per heavy atom. The van der Waals surface area contributed by atoms with Crippen molar-refractivity contribution in [3.05, 3.63) is 34.1 Å². The van der Waals surface area contributed by atoms with Gasteiger partial charge in [0.15, 0.2) is 0 Å². The molecule has 13 heavy (non-hydrogen) atoms. The summed E-state index contributed by atoms with van der Waals surface area (Å²) in [5, 5.41) is 0.172. The van der Waals surface area contributed by atoms with E-state index >= 15 is 0 Å². The summed E-state index contributed by atoms with van der Waals surface area (Å²) in [6.07, 6.45) is 0. The molecule has 2 N–H and O–H groups in total. The maximum atomic E-state index is 13.1. The Morgan fingerprint density at radius 3 is 2.69 bits per heavy atom. The highest BCUT2D eigenvalue weighted by atomic mass is 35.5. The van der Waals surface area contributed by atoms with Crippen LogP contribution < -0.4 is 5.73 Å². The van der Waals surface area contributed by atoms with E-state index in [-0.39, 0.29) is 16.8 Å². The molecule has 0 radical (unpaired) electrons. The van der Waals surface area contributed by atoms with Crippen LogP contribution in [0.4, 0.5) is 4.39 Å². The lowest BCUT2D eigenvalue weighted by molar-refractivity contribution is 0.621. The van der Waals surface area contributed by atoms with Crippen LogP contribution in [0, 0.1) is 12.7 Å². The zero-order valence-electron chi connectivity index (χ0n) is 7.77. The minimum atomic E-state index is -0.373. The lowest BCUT2D eigenvalue weighted by atomic mass is 9.96. The van der Waals surface area contributed by atoms with Gasteiger partial charge in [0.05, 0.1) is 5.02 Å². The number of halogens is 2. The highest BCUT2D eigenvalue weighted by Gasteiger charge is 2.10. The van der Waals surface area contributed by atoms with E-state index in [1.54, 1.807) is 6.07 Å². The quantitative estimate of drug-likeness (QED) is 0.783. The third-order valence-corrected chi connectivity index (χ3v) is 2.48. The van der Waals surface area contributed by atoms with Crippen molar-refractivity contribution in [2.45, 2.75) is 19.8 Å². The van der Waals surface area contributed by atoms with Crippen LogP contribution in [0.15, 0.2) is 12.1 Å². The van der Waals surface area contributed by atoms with E-state index in [0.717, 1.165) is 11.1 Å². The molecule has 0 heterocycles. The Bertz CT molecular complexity index is 312. The molecule has 1 nitrogen and oxygen atoms in total. The van der Waals surface area contributed by atoms with Gasteiger partial charge in [-0.1, -0.05) is 18.5 Å². The smallest absolute Gasteiger partial charge is 0.142 e. The molecule has 1 rings (SSSR count). The molecule has 0 saturated carbocycles. The van der Waals surface area contributed by atoms with E-state index in [2.05, 4.69) is 0 Å². The fourth-order valence-corrected chi connectivity index (χ4v) is 1.54. The maximum absolute atomic E-state index is 13.1. The Labute approximate surface area is 82.7 Å². The molecule has 0 fully saturated rings. The van der Waals surface area contributed by atoms with Crippen LogP contribution in [-0.4, -0.2) is 6.54 Å². The van der Waals surface area contributed by atoms with Gasteiger partial charge in [0.2, 0.25) is 0 Å².